The number of carbonyl (C=O) groups is 4. The lowest BCUT2D eigenvalue weighted by Gasteiger charge is -2.61. The highest BCUT2D eigenvalue weighted by Crippen LogP contribution is 2.68. The number of likely N-dealkylation sites (N-methyl/N-ethyl adjacent to an activating group) is 1. The highest BCUT2D eigenvalue weighted by Gasteiger charge is 2.67. The summed E-state index contributed by atoms with van der Waals surface area (Å²) in [4.78, 5) is 60.6. The molecule has 77 heavy (non-hydrogen) atoms. The van der Waals surface area contributed by atoms with E-state index >= 15 is 0 Å². The number of ketones is 2. The first kappa shape index (κ1) is 58.0. The third-order valence-corrected chi connectivity index (χ3v) is 20.3. The number of rotatable bonds is 10. The Bertz CT molecular complexity index is 2520. The Morgan fingerprint density at radius 2 is 0.948 bits per heavy atom. The molecule has 0 saturated heterocycles. The van der Waals surface area contributed by atoms with Gasteiger partial charge in [0, 0.05) is 35.9 Å². The second-order valence-electron chi connectivity index (χ2n) is 24.9. The van der Waals surface area contributed by atoms with Gasteiger partial charge in [-0.1, -0.05) is 31.2 Å². The van der Waals surface area contributed by atoms with E-state index in [4.69, 9.17) is 48.0 Å². The van der Waals surface area contributed by atoms with Crippen LogP contribution in [0.25, 0.3) is 0 Å². The predicted molar refractivity (Wildman–Crippen MR) is 305 cm³/mol. The zero-order chi connectivity index (χ0) is 54.2. The second-order valence-corrected chi connectivity index (χ2v) is 25.2. The molecule has 418 valence electrons. The van der Waals surface area contributed by atoms with Crippen LogP contribution in [0.4, 0.5) is 0 Å². The molecule has 12 aliphatic carbocycles. The van der Waals surface area contributed by atoms with Crippen LogP contribution in [-0.2, 0) is 26.3 Å². The Morgan fingerprint density at radius 3 is 1.26 bits per heavy atom. The van der Waals surface area contributed by atoms with Gasteiger partial charge in [0.25, 0.3) is 5.91 Å². The van der Waals surface area contributed by atoms with E-state index in [1.54, 1.807) is 57.5 Å². The van der Waals surface area contributed by atoms with Gasteiger partial charge in [-0.3, -0.25) is 29.1 Å². The van der Waals surface area contributed by atoms with Crippen molar-refractivity contribution in [2.45, 2.75) is 134 Å². The fourth-order valence-electron chi connectivity index (χ4n) is 17.6. The molecule has 15 heteroatoms. The molecule has 0 aromatic heterocycles. The molecule has 1 atom stereocenters. The van der Waals surface area contributed by atoms with Gasteiger partial charge >= 0.3 is 0 Å². The number of aryl methyl sites for hydroxylation is 1. The Labute approximate surface area is 468 Å². The number of nitrogens with two attached hydrogens (primary N) is 3. The lowest BCUT2D eigenvalue weighted by atomic mass is 9.43. The van der Waals surface area contributed by atoms with E-state index in [-0.39, 0.29) is 57.3 Å². The number of methoxy groups -OCH3 is 3. The van der Waals surface area contributed by atoms with Crippen molar-refractivity contribution in [1.82, 2.24) is 4.90 Å². The van der Waals surface area contributed by atoms with Crippen LogP contribution in [0.3, 0.4) is 0 Å². The quantitative estimate of drug-likeness (QED) is 0.0576. The lowest BCUT2D eigenvalue weighted by Crippen LogP contribution is -2.59. The maximum Gasteiger partial charge on any atom is 0.262 e. The van der Waals surface area contributed by atoms with Crippen LogP contribution in [0.1, 0.15) is 144 Å². The first-order valence-electron chi connectivity index (χ1n) is 28.2. The predicted octanol–water partition coefficient (Wildman–Crippen LogP) is 11.1. The van der Waals surface area contributed by atoms with E-state index in [0.717, 1.165) is 117 Å². The van der Waals surface area contributed by atoms with Gasteiger partial charge in [0.2, 0.25) is 16.8 Å². The van der Waals surface area contributed by atoms with Gasteiger partial charge in [-0.25, -0.2) is 4.99 Å². The summed E-state index contributed by atoms with van der Waals surface area (Å²) >= 11 is 5.76. The zero-order valence-electron chi connectivity index (χ0n) is 46.3. The maximum atomic E-state index is 13.6. The molecule has 1 amide bonds. The SMILES string of the molecule is CCc1ccc(OC)cc1.CN=C(N)N.COc1ccc(C(=O)C(=O)C23CC4CC(CC(C4)C2)C3)cc1.COc1ccc(C2(C34CC5CC(CC(C5)C3)C4)N=C(N)N(C)C2=O)cc1.Cl.O=C(Cl)C12CC3CC(CC(C3)C1)C2. The number of halogens is 2. The standard InChI is InChI=1S/C21H27N3O2.C19H22O3.C11H15ClO.C9H12O.C2H7N3.ClH/c1-24-18(25)21(23-19(24)22,16-3-5-17(26-2)6-4-16)20-10-13-7-14(11-20)9-15(8-13)12-20;1-22-16-4-2-15(3-5-16)17(20)18(21)19-9-12-6-13(10-19)8-14(7-12)11-19;12-10(13)11-4-7-1-8(5-11)3-9(2-7)6-11;1-3-8-4-6-9(10-2)7-5-8;1-5-2(3)4;/h3-6,13-15H,7-12H2,1-2H3,(H2,22,23);2-5,12-14H,6-11H2,1H3;7-9H,1-6H2;4-7H,3H2,1-2H3;1H3,(H4,3,4,5);1H. The van der Waals surface area contributed by atoms with Crippen molar-refractivity contribution < 1.29 is 33.4 Å². The van der Waals surface area contributed by atoms with Gasteiger partial charge in [-0.15, -0.1) is 12.4 Å². The van der Waals surface area contributed by atoms with Crippen molar-refractivity contribution in [2.75, 3.05) is 35.4 Å². The van der Waals surface area contributed by atoms with E-state index in [9.17, 15) is 19.2 Å². The molecule has 3 aromatic carbocycles. The van der Waals surface area contributed by atoms with E-state index in [1.165, 1.54) is 70.4 Å². The van der Waals surface area contributed by atoms with Gasteiger partial charge < -0.3 is 31.4 Å². The number of aliphatic imine (C=N–C) groups is 2. The first-order valence-corrected chi connectivity index (χ1v) is 28.6. The lowest BCUT2D eigenvalue weighted by molar-refractivity contribution is -0.149. The average Bonchev–Trinajstić information content (AvgIpc) is 3.65. The third-order valence-electron chi connectivity index (χ3n) is 19.9. The molecule has 0 radical (unpaired) electrons. The van der Waals surface area contributed by atoms with Crippen LogP contribution in [0.15, 0.2) is 82.8 Å². The average molecular weight is 1100 g/mol. The summed E-state index contributed by atoms with van der Waals surface area (Å²) in [5, 5.41) is -0.0356. The molecule has 12 fully saturated rings. The summed E-state index contributed by atoms with van der Waals surface area (Å²) in [5.41, 5.74) is 17.3. The summed E-state index contributed by atoms with van der Waals surface area (Å²) < 4.78 is 15.5. The van der Waals surface area contributed by atoms with Crippen molar-refractivity contribution in [2.24, 2.45) is 96.7 Å². The van der Waals surface area contributed by atoms with Crippen molar-refractivity contribution in [1.29, 1.82) is 0 Å². The Balaban J connectivity index is 0.000000138. The first-order chi connectivity index (χ1) is 36.4. The van der Waals surface area contributed by atoms with Crippen molar-refractivity contribution in [3.8, 4) is 17.2 Å². The minimum atomic E-state index is -0.867. The molecule has 13 aliphatic rings. The fraction of sp³-hybridized carbons (Fsp3) is 0.613. The van der Waals surface area contributed by atoms with Crippen LogP contribution in [0.5, 0.6) is 17.2 Å². The molecule has 1 heterocycles. The van der Waals surface area contributed by atoms with Crippen molar-refractivity contribution in [3.63, 3.8) is 0 Å². The molecule has 0 spiro atoms. The molecule has 1 unspecified atom stereocenters. The van der Waals surface area contributed by atoms with Crippen LogP contribution >= 0.6 is 24.0 Å². The number of Topliss-reactive ketones (excluding diaryl/α,β-unsaturated/α-hetero) is 2. The highest BCUT2D eigenvalue weighted by atomic mass is 35.5. The van der Waals surface area contributed by atoms with E-state index < -0.39 is 5.54 Å². The Morgan fingerprint density at radius 1 is 0.610 bits per heavy atom. The fourth-order valence-corrected chi connectivity index (χ4v) is 17.8. The monoisotopic (exact) mass is 1090 g/mol. The molecule has 3 aromatic rings. The van der Waals surface area contributed by atoms with Gasteiger partial charge in [-0.05, 0) is 247 Å². The number of hydrogen-bond acceptors (Lipinski definition) is 10. The summed E-state index contributed by atoms with van der Waals surface area (Å²) in [6.45, 7) is 2.14. The second kappa shape index (κ2) is 23.7. The topological polar surface area (TPSA) is 202 Å². The van der Waals surface area contributed by atoms with Crippen LogP contribution in [-0.4, -0.2) is 75.0 Å². The van der Waals surface area contributed by atoms with Crippen LogP contribution < -0.4 is 31.4 Å². The van der Waals surface area contributed by atoms with Crippen molar-refractivity contribution >= 4 is 58.6 Å². The molecular formula is C62H84Cl2N6O7. The minimum absolute atomic E-state index is 0. The Kier molecular flexibility index (Phi) is 17.8. The molecule has 1 aliphatic heterocycles. The number of hydrogen-bond donors (Lipinski definition) is 3. The van der Waals surface area contributed by atoms with E-state index in [0.29, 0.717) is 35.0 Å². The summed E-state index contributed by atoms with van der Waals surface area (Å²) in [5.74, 6) is 9.27. The molecule has 6 N–H and O–H groups in total. The highest BCUT2D eigenvalue weighted by molar-refractivity contribution is 6.64. The normalized spacial score (nSPS) is 34.4. The van der Waals surface area contributed by atoms with Gasteiger partial charge in [0.1, 0.15) is 17.2 Å². The van der Waals surface area contributed by atoms with Gasteiger partial charge in [0.15, 0.2) is 17.5 Å². The van der Waals surface area contributed by atoms with Crippen LogP contribution in [0.2, 0.25) is 0 Å². The number of ether oxygens (including phenoxy) is 3. The van der Waals surface area contributed by atoms with Crippen LogP contribution in [0, 0.1) is 69.5 Å². The summed E-state index contributed by atoms with van der Waals surface area (Å²) in [7, 11) is 8.23. The molecule has 12 bridgehead atoms. The van der Waals surface area contributed by atoms with Gasteiger partial charge in [0.05, 0.1) is 21.3 Å². The number of nitrogens with zero attached hydrogens (tertiary/aromatic N) is 3. The van der Waals surface area contributed by atoms with E-state index in [1.807, 2.05) is 36.4 Å². The zero-order valence-corrected chi connectivity index (χ0v) is 47.8. The van der Waals surface area contributed by atoms with E-state index in [2.05, 4.69) is 24.0 Å². The summed E-state index contributed by atoms with van der Waals surface area (Å²) in [6.07, 6.45) is 22.5. The molecule has 16 rings (SSSR count). The largest absolute Gasteiger partial charge is 0.497 e. The number of amides is 1. The van der Waals surface area contributed by atoms with Gasteiger partial charge in [-0.2, -0.15) is 0 Å². The molecule has 12 saturated carbocycles. The minimum Gasteiger partial charge on any atom is -0.497 e. The molecular weight excluding hydrogens is 1010 g/mol. The van der Waals surface area contributed by atoms with Crippen molar-refractivity contribution in [3.05, 3.63) is 89.5 Å². The number of guanidine groups is 2. The third kappa shape index (κ3) is 11.6. The molecule has 13 nitrogen and oxygen atoms in total. The Hall–Kier alpha value is -5.14. The maximum absolute atomic E-state index is 13.6. The summed E-state index contributed by atoms with van der Waals surface area (Å²) in [6, 6.07) is 23.0. The number of benzene rings is 3. The smallest absolute Gasteiger partial charge is 0.262 e. The number of carbonyl (C=O) groups excluding carboxylic acids is 4.